The molecule has 0 aliphatic carbocycles. The van der Waals surface area contributed by atoms with Gasteiger partial charge in [0, 0.05) is 6.54 Å². The van der Waals surface area contributed by atoms with Crippen molar-refractivity contribution in [3.63, 3.8) is 0 Å². The van der Waals surface area contributed by atoms with Gasteiger partial charge in [-0.15, -0.1) is 0 Å². The van der Waals surface area contributed by atoms with Crippen LogP contribution in [-0.2, 0) is 9.47 Å². The van der Waals surface area contributed by atoms with E-state index in [-0.39, 0.29) is 18.7 Å². The predicted molar refractivity (Wildman–Crippen MR) is 78.2 cm³/mol. The maximum atomic E-state index is 14.1. The van der Waals surface area contributed by atoms with Gasteiger partial charge in [0.15, 0.2) is 0 Å². The molecule has 120 valence electrons. The molecular formula is C15H19FN2O4. The first-order valence-electron chi connectivity index (χ1n) is 6.92. The molecule has 1 heterocycles. The summed E-state index contributed by atoms with van der Waals surface area (Å²) >= 11 is 0. The number of nitrogens with zero attached hydrogens (tertiary/aromatic N) is 1. The zero-order valence-electron chi connectivity index (χ0n) is 12.8. The first-order chi connectivity index (χ1) is 10.2. The highest BCUT2D eigenvalue weighted by Crippen LogP contribution is 2.24. The van der Waals surface area contributed by atoms with E-state index in [4.69, 9.17) is 15.2 Å². The molecule has 1 atom stereocenters. The van der Waals surface area contributed by atoms with Crippen LogP contribution in [-0.4, -0.2) is 36.9 Å². The highest BCUT2D eigenvalue weighted by Gasteiger charge is 2.32. The van der Waals surface area contributed by atoms with Crippen LogP contribution in [0.3, 0.4) is 0 Å². The number of ether oxygens (including phenoxy) is 2. The molecule has 1 saturated heterocycles. The Labute approximate surface area is 128 Å². The van der Waals surface area contributed by atoms with Gasteiger partial charge < -0.3 is 15.2 Å². The first kappa shape index (κ1) is 16.2. The minimum Gasteiger partial charge on any atom is -0.456 e. The van der Waals surface area contributed by atoms with E-state index in [9.17, 15) is 14.0 Å². The highest BCUT2D eigenvalue weighted by atomic mass is 19.1. The van der Waals surface area contributed by atoms with Crippen molar-refractivity contribution in [2.75, 3.05) is 18.0 Å². The van der Waals surface area contributed by atoms with E-state index in [0.29, 0.717) is 5.69 Å². The fourth-order valence-electron chi connectivity index (χ4n) is 2.03. The van der Waals surface area contributed by atoms with Gasteiger partial charge in [0.1, 0.15) is 17.5 Å². The second kappa shape index (κ2) is 5.92. The van der Waals surface area contributed by atoms with Crippen molar-refractivity contribution in [1.29, 1.82) is 0 Å². The molecule has 1 fully saturated rings. The molecule has 0 bridgehead atoms. The minimum absolute atomic E-state index is 0.179. The van der Waals surface area contributed by atoms with E-state index in [2.05, 4.69) is 0 Å². The topological polar surface area (TPSA) is 81.9 Å². The number of esters is 1. The van der Waals surface area contributed by atoms with E-state index in [1.807, 2.05) is 0 Å². The number of halogens is 1. The maximum absolute atomic E-state index is 14.1. The Balaban J connectivity index is 2.20. The SMILES string of the molecule is CC(C)(C)OC(=O)c1ccc(N2CC(CN)OC2=O)cc1F. The summed E-state index contributed by atoms with van der Waals surface area (Å²) in [4.78, 5) is 24.9. The third kappa shape index (κ3) is 3.54. The number of carbonyl (C=O) groups is 2. The van der Waals surface area contributed by atoms with Crippen LogP contribution >= 0.6 is 0 Å². The molecule has 1 aliphatic heterocycles. The molecule has 22 heavy (non-hydrogen) atoms. The van der Waals surface area contributed by atoms with Gasteiger partial charge in [0.25, 0.3) is 0 Å². The number of amides is 1. The van der Waals surface area contributed by atoms with E-state index >= 15 is 0 Å². The standard InChI is InChI=1S/C15H19FN2O4/c1-15(2,3)22-13(19)11-5-4-9(6-12(11)16)18-8-10(7-17)21-14(18)20/h4-6,10H,7-8,17H2,1-3H3. The summed E-state index contributed by atoms with van der Waals surface area (Å²) in [6.45, 7) is 5.54. The Bertz CT molecular complexity index is 598. The van der Waals surface area contributed by atoms with Crippen molar-refractivity contribution < 1.29 is 23.5 Å². The van der Waals surface area contributed by atoms with Gasteiger partial charge in [-0.2, -0.15) is 0 Å². The Morgan fingerprint density at radius 2 is 2.18 bits per heavy atom. The molecule has 1 aromatic carbocycles. The van der Waals surface area contributed by atoms with Gasteiger partial charge in [-0.3, -0.25) is 4.90 Å². The molecular weight excluding hydrogens is 291 g/mol. The summed E-state index contributed by atoms with van der Waals surface area (Å²) in [5, 5.41) is 0. The van der Waals surface area contributed by atoms with Crippen LogP contribution in [0.25, 0.3) is 0 Å². The van der Waals surface area contributed by atoms with Crippen molar-refractivity contribution in [1.82, 2.24) is 0 Å². The number of rotatable bonds is 3. The monoisotopic (exact) mass is 310 g/mol. The lowest BCUT2D eigenvalue weighted by atomic mass is 10.1. The van der Waals surface area contributed by atoms with Gasteiger partial charge in [-0.05, 0) is 39.0 Å². The molecule has 6 nitrogen and oxygen atoms in total. The lowest BCUT2D eigenvalue weighted by Crippen LogP contribution is -2.28. The number of carbonyl (C=O) groups excluding carboxylic acids is 2. The van der Waals surface area contributed by atoms with Crippen LogP contribution in [0.4, 0.5) is 14.9 Å². The summed E-state index contributed by atoms with van der Waals surface area (Å²) in [5.41, 5.74) is 4.87. The molecule has 0 saturated carbocycles. The van der Waals surface area contributed by atoms with Crippen molar-refractivity contribution in [2.45, 2.75) is 32.5 Å². The Morgan fingerprint density at radius 3 is 2.68 bits per heavy atom. The Hall–Kier alpha value is -2.15. The number of anilines is 1. The summed E-state index contributed by atoms with van der Waals surface area (Å²) in [6, 6.07) is 3.88. The minimum atomic E-state index is -0.754. The Kier molecular flexibility index (Phi) is 4.37. The summed E-state index contributed by atoms with van der Waals surface area (Å²) in [7, 11) is 0. The van der Waals surface area contributed by atoms with Gasteiger partial charge in [0.2, 0.25) is 0 Å². The maximum Gasteiger partial charge on any atom is 0.414 e. The second-order valence-electron chi connectivity index (χ2n) is 6.02. The number of nitrogens with two attached hydrogens (primary N) is 1. The number of cyclic esters (lactones) is 1. The fourth-order valence-corrected chi connectivity index (χ4v) is 2.03. The van der Waals surface area contributed by atoms with Crippen LogP contribution in [0.5, 0.6) is 0 Å². The zero-order chi connectivity index (χ0) is 16.5. The number of hydrogen-bond acceptors (Lipinski definition) is 5. The summed E-state index contributed by atoms with van der Waals surface area (Å²) in [5.74, 6) is -1.50. The molecule has 0 aromatic heterocycles. The van der Waals surface area contributed by atoms with E-state index in [1.165, 1.54) is 17.0 Å². The third-order valence-corrected chi connectivity index (χ3v) is 3.02. The van der Waals surface area contributed by atoms with Crippen molar-refractivity contribution >= 4 is 17.7 Å². The molecule has 7 heteroatoms. The third-order valence-electron chi connectivity index (χ3n) is 3.02. The van der Waals surface area contributed by atoms with Gasteiger partial charge in [-0.25, -0.2) is 14.0 Å². The van der Waals surface area contributed by atoms with Crippen LogP contribution in [0.1, 0.15) is 31.1 Å². The Morgan fingerprint density at radius 1 is 1.50 bits per heavy atom. The first-order valence-corrected chi connectivity index (χ1v) is 6.92. The average Bonchev–Trinajstić information content (AvgIpc) is 2.77. The van der Waals surface area contributed by atoms with Gasteiger partial charge >= 0.3 is 12.1 Å². The van der Waals surface area contributed by atoms with Crippen LogP contribution in [0.2, 0.25) is 0 Å². The summed E-state index contributed by atoms with van der Waals surface area (Å²) in [6.07, 6.45) is -0.999. The van der Waals surface area contributed by atoms with Crippen molar-refractivity contribution in [3.8, 4) is 0 Å². The van der Waals surface area contributed by atoms with Crippen LogP contribution < -0.4 is 10.6 Å². The van der Waals surface area contributed by atoms with Crippen LogP contribution in [0.15, 0.2) is 18.2 Å². The lowest BCUT2D eigenvalue weighted by Gasteiger charge is -2.20. The fraction of sp³-hybridized carbons (Fsp3) is 0.467. The van der Waals surface area contributed by atoms with Crippen molar-refractivity contribution in [3.05, 3.63) is 29.6 Å². The second-order valence-corrected chi connectivity index (χ2v) is 6.02. The molecule has 1 amide bonds. The van der Waals surface area contributed by atoms with Gasteiger partial charge in [0.05, 0.1) is 17.8 Å². The van der Waals surface area contributed by atoms with E-state index in [0.717, 1.165) is 6.07 Å². The van der Waals surface area contributed by atoms with Gasteiger partial charge in [-0.1, -0.05) is 0 Å². The highest BCUT2D eigenvalue weighted by molar-refractivity contribution is 5.93. The smallest absolute Gasteiger partial charge is 0.414 e. The molecule has 1 aliphatic rings. The molecule has 1 unspecified atom stereocenters. The lowest BCUT2D eigenvalue weighted by molar-refractivity contribution is 0.00647. The normalized spacial score (nSPS) is 18.3. The molecule has 2 N–H and O–H groups in total. The molecule has 0 radical (unpaired) electrons. The number of hydrogen-bond donors (Lipinski definition) is 1. The molecule has 1 aromatic rings. The average molecular weight is 310 g/mol. The molecule has 0 spiro atoms. The molecule has 2 rings (SSSR count). The largest absolute Gasteiger partial charge is 0.456 e. The summed E-state index contributed by atoms with van der Waals surface area (Å²) < 4.78 is 24.3. The predicted octanol–water partition coefficient (Wildman–Crippen LogP) is 2.06. The van der Waals surface area contributed by atoms with Crippen molar-refractivity contribution in [2.24, 2.45) is 5.73 Å². The quantitative estimate of drug-likeness (QED) is 0.864. The van der Waals surface area contributed by atoms with E-state index in [1.54, 1.807) is 20.8 Å². The van der Waals surface area contributed by atoms with Crippen LogP contribution in [0, 0.1) is 5.82 Å². The van der Waals surface area contributed by atoms with E-state index < -0.39 is 29.6 Å². The zero-order valence-corrected chi connectivity index (χ0v) is 12.8. The number of benzene rings is 1.